The van der Waals surface area contributed by atoms with Gasteiger partial charge < -0.3 is 20.1 Å². The fraction of sp³-hybridized carbons (Fsp3) is 0.448. The number of aromatic nitrogens is 2. The number of esters is 1. The van der Waals surface area contributed by atoms with Crippen molar-refractivity contribution in [3.05, 3.63) is 65.5 Å². The van der Waals surface area contributed by atoms with Crippen LogP contribution in [-0.2, 0) is 20.7 Å². The lowest BCUT2D eigenvalue weighted by Gasteiger charge is -2.29. The van der Waals surface area contributed by atoms with Crippen LogP contribution < -0.4 is 5.32 Å². The summed E-state index contributed by atoms with van der Waals surface area (Å²) in [5.74, 6) is -0.514. The highest BCUT2D eigenvalue weighted by molar-refractivity contribution is 5.92. The number of nitrogens with one attached hydrogen (secondary N) is 2. The summed E-state index contributed by atoms with van der Waals surface area (Å²) in [7, 11) is 0. The van der Waals surface area contributed by atoms with E-state index in [0.717, 1.165) is 31.2 Å². The minimum atomic E-state index is -1.01. The fourth-order valence-corrected chi connectivity index (χ4v) is 4.93. The highest BCUT2D eigenvalue weighted by atomic mass is 16.6. The highest BCUT2D eigenvalue weighted by Crippen LogP contribution is 2.32. The van der Waals surface area contributed by atoms with Crippen LogP contribution in [0.3, 0.4) is 0 Å². The van der Waals surface area contributed by atoms with Crippen molar-refractivity contribution in [1.29, 1.82) is 0 Å². The number of hydrogen-bond acceptors (Lipinski definition) is 5. The van der Waals surface area contributed by atoms with Crippen molar-refractivity contribution in [3.8, 4) is 0 Å². The van der Waals surface area contributed by atoms with Gasteiger partial charge in [-0.15, -0.1) is 0 Å². The van der Waals surface area contributed by atoms with Crippen molar-refractivity contribution in [2.24, 2.45) is 11.8 Å². The van der Waals surface area contributed by atoms with E-state index < -0.39 is 17.6 Å². The van der Waals surface area contributed by atoms with Gasteiger partial charge in [-0.25, -0.2) is 9.78 Å². The molecule has 1 aliphatic rings. The van der Waals surface area contributed by atoms with Gasteiger partial charge in [0.05, 0.1) is 22.6 Å². The Hall–Kier alpha value is -3.68. The third-order valence-corrected chi connectivity index (χ3v) is 6.77. The van der Waals surface area contributed by atoms with E-state index in [9.17, 15) is 19.5 Å². The predicted octanol–water partition coefficient (Wildman–Crippen LogP) is 5.20. The van der Waals surface area contributed by atoms with Crippen molar-refractivity contribution in [2.75, 3.05) is 0 Å². The molecule has 2 aromatic carbocycles. The van der Waals surface area contributed by atoms with Crippen molar-refractivity contribution in [2.45, 2.75) is 70.9 Å². The molecule has 8 nitrogen and oxygen atoms in total. The number of imidazole rings is 1. The predicted molar refractivity (Wildman–Crippen MR) is 140 cm³/mol. The Morgan fingerprint density at radius 2 is 1.78 bits per heavy atom. The van der Waals surface area contributed by atoms with E-state index in [0.29, 0.717) is 29.7 Å². The third kappa shape index (κ3) is 7.18. The fourth-order valence-electron chi connectivity index (χ4n) is 4.93. The number of benzene rings is 2. The average Bonchev–Trinajstić information content (AvgIpc) is 3.27. The topological polar surface area (TPSA) is 121 Å². The first-order valence-electron chi connectivity index (χ1n) is 12.9. The number of carboxylic acids is 1. The number of carbonyl (C=O) groups is 3. The molecular formula is C29H35N3O5. The lowest BCUT2D eigenvalue weighted by atomic mass is 9.80. The van der Waals surface area contributed by atoms with Crippen molar-refractivity contribution < 1.29 is 24.2 Å². The molecule has 0 radical (unpaired) electrons. The molecule has 0 spiro atoms. The molecule has 37 heavy (non-hydrogen) atoms. The summed E-state index contributed by atoms with van der Waals surface area (Å²) < 4.78 is 5.46. The number of ether oxygens (including phenoxy) is 1. The van der Waals surface area contributed by atoms with Gasteiger partial charge in [0.1, 0.15) is 11.4 Å². The summed E-state index contributed by atoms with van der Waals surface area (Å²) in [5.41, 5.74) is 2.00. The maximum Gasteiger partial charge on any atom is 0.335 e. The second-order valence-electron chi connectivity index (χ2n) is 10.9. The quantitative estimate of drug-likeness (QED) is 0.362. The lowest BCUT2D eigenvalue weighted by molar-refractivity contribution is -0.156. The molecule has 1 fully saturated rings. The van der Waals surface area contributed by atoms with E-state index in [1.807, 2.05) is 51.1 Å². The number of nitrogens with zero attached hydrogens (tertiary/aromatic N) is 1. The first kappa shape index (κ1) is 26.4. The zero-order valence-corrected chi connectivity index (χ0v) is 21.6. The van der Waals surface area contributed by atoms with E-state index in [4.69, 9.17) is 4.74 Å². The van der Waals surface area contributed by atoms with Gasteiger partial charge in [-0.05, 0) is 82.6 Å². The molecule has 0 saturated heterocycles. The molecule has 3 N–H and O–H groups in total. The van der Waals surface area contributed by atoms with Gasteiger partial charge in [0.2, 0.25) is 5.91 Å². The Labute approximate surface area is 216 Å². The minimum Gasteiger partial charge on any atom is -0.478 e. The van der Waals surface area contributed by atoms with Gasteiger partial charge >= 0.3 is 11.9 Å². The number of carbonyl (C=O) groups excluding carboxylic acids is 2. The van der Waals surface area contributed by atoms with Crippen LogP contribution in [0.1, 0.15) is 80.7 Å². The van der Waals surface area contributed by atoms with Crippen LogP contribution in [0.4, 0.5) is 0 Å². The van der Waals surface area contributed by atoms with Crippen LogP contribution in [0.5, 0.6) is 0 Å². The summed E-state index contributed by atoms with van der Waals surface area (Å²) in [6.07, 6.45) is 4.00. The lowest BCUT2D eigenvalue weighted by Crippen LogP contribution is -2.37. The van der Waals surface area contributed by atoms with E-state index in [1.54, 1.807) is 12.1 Å². The Kier molecular flexibility index (Phi) is 7.95. The van der Waals surface area contributed by atoms with E-state index in [2.05, 4.69) is 15.3 Å². The molecule has 3 aromatic rings. The molecule has 0 bridgehead atoms. The van der Waals surface area contributed by atoms with Gasteiger partial charge in [0, 0.05) is 12.3 Å². The minimum absolute atomic E-state index is 0.0247. The molecule has 1 heterocycles. The number of amides is 1. The molecular weight excluding hydrogens is 470 g/mol. The van der Waals surface area contributed by atoms with Gasteiger partial charge in [0.25, 0.3) is 0 Å². The van der Waals surface area contributed by atoms with E-state index >= 15 is 0 Å². The van der Waals surface area contributed by atoms with Crippen LogP contribution in [0.15, 0.2) is 48.5 Å². The van der Waals surface area contributed by atoms with Crippen LogP contribution >= 0.6 is 0 Å². The van der Waals surface area contributed by atoms with Crippen molar-refractivity contribution >= 4 is 28.9 Å². The van der Waals surface area contributed by atoms with E-state index in [-0.39, 0.29) is 29.3 Å². The number of H-pyrrole nitrogens is 1. The Morgan fingerprint density at radius 1 is 1.08 bits per heavy atom. The van der Waals surface area contributed by atoms with Crippen LogP contribution in [0, 0.1) is 11.8 Å². The standard InChI is InChI=1S/C29H35N3O5/c1-29(2,3)37-25(33)16-19-9-11-20(12-10-19)27(34)32-24(15-18-7-5-4-6-8-18)26-30-22-14-13-21(28(35)36)17-23(22)31-26/h4-8,13-14,17,19-20,24H,9-12,15-16H2,1-3H3,(H,30,31)(H,32,34)(H,35,36)/t19?,20?,24-/m0/s1. The van der Waals surface area contributed by atoms with Crippen molar-refractivity contribution in [3.63, 3.8) is 0 Å². The molecule has 0 unspecified atom stereocenters. The first-order chi connectivity index (χ1) is 17.6. The molecule has 1 saturated carbocycles. The number of carboxylic acid groups (broad SMARTS) is 1. The Morgan fingerprint density at radius 3 is 2.43 bits per heavy atom. The molecule has 4 rings (SSSR count). The molecule has 1 aromatic heterocycles. The Balaban J connectivity index is 1.44. The summed E-state index contributed by atoms with van der Waals surface area (Å²) in [6, 6.07) is 14.2. The zero-order valence-electron chi connectivity index (χ0n) is 21.6. The second-order valence-corrected chi connectivity index (χ2v) is 10.9. The van der Waals surface area contributed by atoms with Gasteiger partial charge in [-0.2, -0.15) is 0 Å². The maximum absolute atomic E-state index is 13.3. The van der Waals surface area contributed by atoms with Gasteiger partial charge in [-0.1, -0.05) is 30.3 Å². The molecule has 196 valence electrons. The summed E-state index contributed by atoms with van der Waals surface area (Å²) in [5, 5.41) is 12.5. The number of aromatic amines is 1. The van der Waals surface area contributed by atoms with E-state index in [1.165, 1.54) is 6.07 Å². The van der Waals surface area contributed by atoms with Crippen LogP contribution in [0.2, 0.25) is 0 Å². The second kappa shape index (κ2) is 11.2. The summed E-state index contributed by atoms with van der Waals surface area (Å²) in [4.78, 5) is 44.8. The number of aromatic carboxylic acids is 1. The zero-order chi connectivity index (χ0) is 26.6. The van der Waals surface area contributed by atoms with Crippen LogP contribution in [-0.4, -0.2) is 38.5 Å². The highest BCUT2D eigenvalue weighted by Gasteiger charge is 2.30. The molecule has 1 aliphatic carbocycles. The molecule has 8 heteroatoms. The monoisotopic (exact) mass is 505 g/mol. The SMILES string of the molecule is CC(C)(C)OC(=O)CC1CCC(C(=O)N[C@@H](Cc2ccccc2)c2nc3ccc(C(=O)O)cc3[nH]2)CC1. The number of fused-ring (bicyclic) bond motifs is 1. The van der Waals surface area contributed by atoms with Crippen LogP contribution in [0.25, 0.3) is 11.0 Å². The largest absolute Gasteiger partial charge is 0.478 e. The number of rotatable bonds is 8. The maximum atomic E-state index is 13.3. The van der Waals surface area contributed by atoms with Gasteiger partial charge in [0.15, 0.2) is 0 Å². The normalized spacial score (nSPS) is 18.8. The number of hydrogen-bond donors (Lipinski definition) is 3. The first-order valence-corrected chi connectivity index (χ1v) is 12.9. The molecule has 1 amide bonds. The molecule has 1 atom stereocenters. The smallest absolute Gasteiger partial charge is 0.335 e. The molecule has 0 aliphatic heterocycles. The van der Waals surface area contributed by atoms with Gasteiger partial charge in [-0.3, -0.25) is 9.59 Å². The average molecular weight is 506 g/mol. The van der Waals surface area contributed by atoms with Crippen molar-refractivity contribution in [1.82, 2.24) is 15.3 Å². The summed E-state index contributed by atoms with van der Waals surface area (Å²) >= 11 is 0. The Bertz CT molecular complexity index is 1250. The third-order valence-electron chi connectivity index (χ3n) is 6.77. The summed E-state index contributed by atoms with van der Waals surface area (Å²) in [6.45, 7) is 5.60.